The van der Waals surface area contributed by atoms with Crippen molar-refractivity contribution in [2.24, 2.45) is 0 Å². The van der Waals surface area contributed by atoms with E-state index in [9.17, 15) is 14.5 Å². The molecule has 1 N–H and O–H groups in total. The van der Waals surface area contributed by atoms with Crippen LogP contribution in [0, 0.1) is 0 Å². The van der Waals surface area contributed by atoms with Crippen molar-refractivity contribution in [2.75, 3.05) is 28.4 Å². The zero-order valence-electron chi connectivity index (χ0n) is 19.1. The van der Waals surface area contributed by atoms with Crippen LogP contribution in [0.4, 0.5) is 0 Å². The Morgan fingerprint density at radius 3 is 2.06 bits per heavy atom. The van der Waals surface area contributed by atoms with Gasteiger partial charge in [0.05, 0.1) is 37.0 Å². The van der Waals surface area contributed by atoms with Crippen LogP contribution in [0.15, 0.2) is 46.5 Å². The van der Waals surface area contributed by atoms with Crippen LogP contribution in [0.3, 0.4) is 0 Å². The molecule has 3 aromatic rings. The molecule has 0 aliphatic heterocycles. The van der Waals surface area contributed by atoms with E-state index >= 15 is 0 Å². The third-order valence-corrected chi connectivity index (χ3v) is 8.28. The van der Waals surface area contributed by atoms with E-state index < -0.39 is 13.6 Å². The third-order valence-electron chi connectivity index (χ3n) is 4.89. The summed E-state index contributed by atoms with van der Waals surface area (Å²) in [6.07, 6.45) is -0.258. The van der Waals surface area contributed by atoms with Crippen LogP contribution in [0.2, 0.25) is 10.0 Å². The number of carbonyl (C=O) groups is 1. The average molecular weight is 559 g/mol. The zero-order valence-corrected chi connectivity index (χ0v) is 22.3. The third kappa shape index (κ3) is 6.27. The molecule has 0 amide bonds. The molecule has 13 heteroatoms. The van der Waals surface area contributed by atoms with Crippen LogP contribution in [0.25, 0.3) is 11.1 Å². The topological polar surface area (TPSA) is 117 Å². The summed E-state index contributed by atoms with van der Waals surface area (Å²) in [5.41, 5.74) is 1.25. The van der Waals surface area contributed by atoms with E-state index in [0.717, 1.165) is 11.8 Å². The molecule has 0 fully saturated rings. The fraction of sp³-hybridized carbons (Fsp3) is 0.227. The van der Waals surface area contributed by atoms with Crippen molar-refractivity contribution in [2.45, 2.75) is 16.2 Å². The van der Waals surface area contributed by atoms with Gasteiger partial charge in [0, 0.05) is 24.1 Å². The Hall–Kier alpha value is -2.33. The number of hydrogen-bond donors (Lipinski definition) is 1. The van der Waals surface area contributed by atoms with Crippen molar-refractivity contribution in [3.05, 3.63) is 57.6 Å². The van der Waals surface area contributed by atoms with E-state index in [1.807, 2.05) is 0 Å². The number of benzene rings is 2. The summed E-state index contributed by atoms with van der Waals surface area (Å²) < 4.78 is 33.5. The predicted molar refractivity (Wildman–Crippen MR) is 133 cm³/mol. The van der Waals surface area contributed by atoms with Crippen LogP contribution >= 0.6 is 42.6 Å². The van der Waals surface area contributed by atoms with Crippen LogP contribution in [-0.4, -0.2) is 49.5 Å². The number of ether oxygens (including phenoxy) is 2. The number of hydrogen-bond acceptors (Lipinski definition) is 9. The highest BCUT2D eigenvalue weighted by Gasteiger charge is 2.30. The molecule has 1 heterocycles. The lowest BCUT2D eigenvalue weighted by Crippen LogP contribution is -2.06. The van der Waals surface area contributed by atoms with Gasteiger partial charge in [-0.3, -0.25) is 4.57 Å². The first-order chi connectivity index (χ1) is 16.6. The number of aromatic carboxylic acids is 1. The molecular formula is C22H21Cl2N2O7PS. The Morgan fingerprint density at radius 1 is 1.00 bits per heavy atom. The van der Waals surface area contributed by atoms with Crippen LogP contribution in [0.5, 0.6) is 11.8 Å². The molecule has 0 radical (unpaired) electrons. The number of nitrogens with zero attached hydrogens (tertiary/aromatic N) is 2. The lowest BCUT2D eigenvalue weighted by molar-refractivity contribution is 0.0693. The summed E-state index contributed by atoms with van der Waals surface area (Å²) in [6.45, 7) is 0. The lowest BCUT2D eigenvalue weighted by atomic mass is 9.98. The van der Waals surface area contributed by atoms with E-state index in [4.69, 9.17) is 41.7 Å². The summed E-state index contributed by atoms with van der Waals surface area (Å²) in [6, 6.07) is 9.93. The number of carboxylic acids is 1. The Kier molecular flexibility index (Phi) is 9.04. The van der Waals surface area contributed by atoms with E-state index in [0.29, 0.717) is 16.1 Å². The molecule has 0 saturated carbocycles. The second-order valence-corrected chi connectivity index (χ2v) is 11.0. The molecule has 3 rings (SSSR count). The molecule has 2 aromatic carbocycles. The van der Waals surface area contributed by atoms with E-state index in [1.54, 1.807) is 30.3 Å². The van der Waals surface area contributed by atoms with Crippen LogP contribution in [-0.2, 0) is 19.8 Å². The summed E-state index contributed by atoms with van der Waals surface area (Å²) in [4.78, 5) is 21.1. The van der Waals surface area contributed by atoms with Crippen molar-refractivity contribution in [3.63, 3.8) is 0 Å². The monoisotopic (exact) mass is 558 g/mol. The van der Waals surface area contributed by atoms with Gasteiger partial charge < -0.3 is 23.6 Å². The second-order valence-electron chi connectivity index (χ2n) is 6.87. The van der Waals surface area contributed by atoms with Crippen LogP contribution in [0.1, 0.15) is 15.9 Å². The molecule has 0 bridgehead atoms. The molecule has 0 aliphatic carbocycles. The predicted octanol–water partition coefficient (Wildman–Crippen LogP) is 6.30. The molecule has 0 spiro atoms. The SMILES string of the molecule is COc1cc(OC)nc(Sc2cc(-c3ccc(Cl)cc3)c(CP(=O)(OC)OC)c(Cl)c2C(=O)O)n1. The highest BCUT2D eigenvalue weighted by atomic mass is 35.5. The van der Waals surface area contributed by atoms with Gasteiger partial charge >= 0.3 is 13.6 Å². The normalized spacial score (nSPS) is 11.4. The number of aromatic nitrogens is 2. The molecule has 0 atom stereocenters. The first-order valence-corrected chi connectivity index (χ1v) is 13.1. The molecule has 1 aromatic heterocycles. The standard InChI is InChI=1S/C22H21Cl2N2O7PS/c1-30-17-10-18(31-2)26-22(25-17)35-16-9-14(12-5-7-13(23)8-6-12)15(11-34(29,32-3)33-4)20(24)19(16)21(27)28/h5-10H,11H2,1-4H3,(H,27,28). The minimum Gasteiger partial charge on any atom is -0.481 e. The molecule has 0 unspecified atom stereocenters. The van der Waals surface area contributed by atoms with E-state index in [1.165, 1.54) is 34.5 Å². The summed E-state index contributed by atoms with van der Waals surface area (Å²) >= 11 is 13.7. The van der Waals surface area contributed by atoms with Crippen molar-refractivity contribution in [1.82, 2.24) is 9.97 Å². The average Bonchev–Trinajstić information content (AvgIpc) is 2.85. The minimum atomic E-state index is -3.61. The fourth-order valence-corrected chi connectivity index (χ4v) is 5.81. The van der Waals surface area contributed by atoms with Crippen LogP contribution < -0.4 is 9.47 Å². The first kappa shape index (κ1) is 27.3. The van der Waals surface area contributed by atoms with Gasteiger partial charge in [-0.05, 0) is 46.7 Å². The molecule has 9 nitrogen and oxygen atoms in total. The maximum absolute atomic E-state index is 13.0. The van der Waals surface area contributed by atoms with E-state index in [2.05, 4.69) is 9.97 Å². The molecule has 0 aliphatic rings. The summed E-state index contributed by atoms with van der Waals surface area (Å²) in [5, 5.41) is 10.6. The maximum Gasteiger partial charge on any atom is 0.338 e. The van der Waals surface area contributed by atoms with Gasteiger partial charge in [-0.1, -0.05) is 35.3 Å². The Morgan fingerprint density at radius 2 is 1.57 bits per heavy atom. The van der Waals surface area contributed by atoms with Crippen molar-refractivity contribution < 1.29 is 33.0 Å². The Bertz CT molecular complexity index is 1260. The first-order valence-electron chi connectivity index (χ1n) is 9.84. The van der Waals surface area contributed by atoms with Crippen molar-refractivity contribution in [1.29, 1.82) is 0 Å². The highest BCUT2D eigenvalue weighted by molar-refractivity contribution is 7.99. The van der Waals surface area contributed by atoms with E-state index in [-0.39, 0.29) is 44.1 Å². The van der Waals surface area contributed by atoms with Gasteiger partial charge in [-0.2, -0.15) is 9.97 Å². The lowest BCUT2D eigenvalue weighted by Gasteiger charge is -2.20. The number of halogens is 2. The molecular weight excluding hydrogens is 538 g/mol. The highest BCUT2D eigenvalue weighted by Crippen LogP contribution is 2.53. The van der Waals surface area contributed by atoms with Gasteiger partial charge in [0.25, 0.3) is 0 Å². The van der Waals surface area contributed by atoms with Crippen molar-refractivity contribution >= 4 is 48.5 Å². The quantitative estimate of drug-likeness (QED) is 0.224. The molecule has 0 saturated heterocycles. The minimum absolute atomic E-state index is 0.114. The summed E-state index contributed by atoms with van der Waals surface area (Å²) in [5.74, 6) is -0.822. The van der Waals surface area contributed by atoms with Gasteiger partial charge in [0.2, 0.25) is 11.8 Å². The molecule has 186 valence electrons. The number of methoxy groups -OCH3 is 2. The van der Waals surface area contributed by atoms with Gasteiger partial charge in [-0.25, -0.2) is 4.79 Å². The molecule has 35 heavy (non-hydrogen) atoms. The largest absolute Gasteiger partial charge is 0.481 e. The van der Waals surface area contributed by atoms with Gasteiger partial charge in [-0.15, -0.1) is 0 Å². The zero-order chi connectivity index (χ0) is 25.8. The van der Waals surface area contributed by atoms with Crippen molar-refractivity contribution in [3.8, 4) is 22.9 Å². The number of carboxylic acid groups (broad SMARTS) is 1. The maximum atomic E-state index is 13.0. The fourth-order valence-electron chi connectivity index (χ4n) is 3.12. The summed E-state index contributed by atoms with van der Waals surface area (Å²) in [7, 11) is 1.76. The smallest absolute Gasteiger partial charge is 0.338 e. The Balaban J connectivity index is 2.28. The Labute approximate surface area is 216 Å². The number of rotatable bonds is 10. The van der Waals surface area contributed by atoms with Gasteiger partial charge in [0.15, 0.2) is 5.16 Å². The second kappa shape index (κ2) is 11.6. The van der Waals surface area contributed by atoms with Gasteiger partial charge in [0.1, 0.15) is 0 Å².